The lowest BCUT2D eigenvalue weighted by Gasteiger charge is -2.33. The van der Waals surface area contributed by atoms with Gasteiger partial charge in [-0.25, -0.2) is 0 Å². The minimum atomic E-state index is -0.147. The molecule has 0 saturated carbocycles. The van der Waals surface area contributed by atoms with Gasteiger partial charge in [0.1, 0.15) is 0 Å². The van der Waals surface area contributed by atoms with Crippen LogP contribution in [0.25, 0.3) is 0 Å². The number of carbonyl (C=O) groups excluding carboxylic acids is 2. The summed E-state index contributed by atoms with van der Waals surface area (Å²) < 4.78 is 5.08. The van der Waals surface area contributed by atoms with Crippen LogP contribution < -0.4 is 0 Å². The van der Waals surface area contributed by atoms with Gasteiger partial charge >= 0.3 is 5.97 Å². The Balaban J connectivity index is 2.56. The van der Waals surface area contributed by atoms with E-state index in [1.54, 1.807) is 0 Å². The molecule has 1 saturated heterocycles. The van der Waals surface area contributed by atoms with Crippen molar-refractivity contribution in [2.75, 3.05) is 19.7 Å². The molecule has 4 nitrogen and oxygen atoms in total. The number of likely N-dealkylation sites (tertiary alicyclic amines) is 1. The zero-order valence-corrected chi connectivity index (χ0v) is 13.2. The van der Waals surface area contributed by atoms with Gasteiger partial charge in [0, 0.05) is 19.0 Å². The van der Waals surface area contributed by atoms with Crippen LogP contribution in [0.15, 0.2) is 0 Å². The monoisotopic (exact) mass is 283 g/mol. The van der Waals surface area contributed by atoms with Gasteiger partial charge in [0.05, 0.1) is 12.5 Å². The first kappa shape index (κ1) is 17.0. The molecule has 0 radical (unpaired) electrons. The molecule has 0 unspecified atom stereocenters. The first-order valence-corrected chi connectivity index (χ1v) is 8.09. The predicted molar refractivity (Wildman–Crippen MR) is 79.2 cm³/mol. The number of unbranched alkanes of at least 4 members (excludes halogenated alkanes) is 1. The Morgan fingerprint density at radius 1 is 1.30 bits per heavy atom. The molecular weight excluding hydrogens is 254 g/mol. The summed E-state index contributed by atoms with van der Waals surface area (Å²) in [6.07, 6.45) is 5.81. The highest BCUT2D eigenvalue weighted by atomic mass is 16.5. The summed E-state index contributed by atoms with van der Waals surface area (Å²) in [7, 11) is 0. The molecule has 1 fully saturated rings. The summed E-state index contributed by atoms with van der Waals surface area (Å²) in [5, 5.41) is 0. The zero-order chi connectivity index (χ0) is 15.0. The standard InChI is InChI=1S/C16H29NO3/c1-4-7-9-13(5-2)15(18)17-11-8-10-14(12-17)16(19)20-6-3/h13-14H,4-12H2,1-3H3/t13-,14+/m0/s1. The van der Waals surface area contributed by atoms with Crippen molar-refractivity contribution in [3.05, 3.63) is 0 Å². The second-order valence-corrected chi connectivity index (χ2v) is 5.62. The highest BCUT2D eigenvalue weighted by molar-refractivity contribution is 5.80. The van der Waals surface area contributed by atoms with Crippen molar-refractivity contribution >= 4 is 11.9 Å². The highest BCUT2D eigenvalue weighted by Gasteiger charge is 2.31. The van der Waals surface area contributed by atoms with Crippen molar-refractivity contribution in [3.8, 4) is 0 Å². The Labute approximate surface area is 122 Å². The molecule has 0 spiro atoms. The smallest absolute Gasteiger partial charge is 0.310 e. The van der Waals surface area contributed by atoms with Crippen LogP contribution in [0.5, 0.6) is 0 Å². The Kier molecular flexibility index (Phi) is 7.63. The van der Waals surface area contributed by atoms with Crippen molar-refractivity contribution in [1.82, 2.24) is 4.90 Å². The van der Waals surface area contributed by atoms with E-state index in [4.69, 9.17) is 4.74 Å². The van der Waals surface area contributed by atoms with Crippen LogP contribution in [0.1, 0.15) is 59.3 Å². The van der Waals surface area contributed by atoms with E-state index in [2.05, 4.69) is 13.8 Å². The van der Waals surface area contributed by atoms with Crippen LogP contribution in [0.2, 0.25) is 0 Å². The average Bonchev–Trinajstić information content (AvgIpc) is 2.48. The van der Waals surface area contributed by atoms with Crippen LogP contribution in [-0.4, -0.2) is 36.5 Å². The van der Waals surface area contributed by atoms with Gasteiger partial charge in [-0.05, 0) is 32.6 Å². The normalized spacial score (nSPS) is 20.6. The largest absolute Gasteiger partial charge is 0.466 e. The van der Waals surface area contributed by atoms with Gasteiger partial charge in [-0.2, -0.15) is 0 Å². The molecule has 1 amide bonds. The van der Waals surface area contributed by atoms with Crippen LogP contribution in [-0.2, 0) is 14.3 Å². The van der Waals surface area contributed by atoms with Crippen LogP contribution in [0.3, 0.4) is 0 Å². The molecule has 0 aliphatic carbocycles. The lowest BCUT2D eigenvalue weighted by molar-refractivity contribution is -0.152. The predicted octanol–water partition coefficient (Wildman–Crippen LogP) is 3.00. The third-order valence-electron chi connectivity index (χ3n) is 4.10. The second-order valence-electron chi connectivity index (χ2n) is 5.62. The summed E-state index contributed by atoms with van der Waals surface area (Å²) >= 11 is 0. The van der Waals surface area contributed by atoms with Crippen molar-refractivity contribution < 1.29 is 14.3 Å². The lowest BCUT2D eigenvalue weighted by Crippen LogP contribution is -2.45. The SMILES string of the molecule is CCCC[C@H](CC)C(=O)N1CCC[C@@H](C(=O)OCC)C1. The van der Waals surface area contributed by atoms with E-state index in [1.807, 2.05) is 11.8 Å². The van der Waals surface area contributed by atoms with Gasteiger partial charge in [-0.15, -0.1) is 0 Å². The molecule has 20 heavy (non-hydrogen) atoms. The van der Waals surface area contributed by atoms with Gasteiger partial charge in [-0.3, -0.25) is 9.59 Å². The maximum atomic E-state index is 12.5. The van der Waals surface area contributed by atoms with E-state index in [-0.39, 0.29) is 23.7 Å². The Bertz CT molecular complexity index is 317. The van der Waals surface area contributed by atoms with Crippen molar-refractivity contribution in [2.45, 2.75) is 59.3 Å². The molecule has 0 aromatic heterocycles. The van der Waals surface area contributed by atoms with Crippen LogP contribution in [0.4, 0.5) is 0 Å². The zero-order valence-electron chi connectivity index (χ0n) is 13.2. The van der Waals surface area contributed by atoms with Gasteiger partial charge in [0.25, 0.3) is 0 Å². The molecule has 0 aromatic rings. The van der Waals surface area contributed by atoms with E-state index < -0.39 is 0 Å². The maximum absolute atomic E-state index is 12.5. The molecular formula is C16H29NO3. The summed E-state index contributed by atoms with van der Waals surface area (Å²) in [5.74, 6) is 0.0776. The van der Waals surface area contributed by atoms with Gasteiger partial charge in [0.15, 0.2) is 0 Å². The molecule has 0 N–H and O–H groups in total. The summed E-state index contributed by atoms with van der Waals surface area (Å²) in [6, 6.07) is 0. The van der Waals surface area contributed by atoms with E-state index >= 15 is 0 Å². The molecule has 1 heterocycles. The number of piperidine rings is 1. The Hall–Kier alpha value is -1.06. The molecule has 1 aliphatic heterocycles. The van der Waals surface area contributed by atoms with Crippen LogP contribution in [0, 0.1) is 11.8 Å². The van der Waals surface area contributed by atoms with Gasteiger partial charge < -0.3 is 9.64 Å². The third-order valence-corrected chi connectivity index (χ3v) is 4.10. The van der Waals surface area contributed by atoms with E-state index in [0.717, 1.165) is 45.1 Å². The fourth-order valence-electron chi connectivity index (χ4n) is 2.84. The number of hydrogen-bond donors (Lipinski definition) is 0. The molecule has 1 rings (SSSR count). The molecule has 0 bridgehead atoms. The second kappa shape index (κ2) is 8.98. The quantitative estimate of drug-likeness (QED) is 0.675. The number of ether oxygens (including phenoxy) is 1. The van der Waals surface area contributed by atoms with E-state index in [0.29, 0.717) is 13.2 Å². The van der Waals surface area contributed by atoms with Crippen molar-refractivity contribution in [2.24, 2.45) is 11.8 Å². The molecule has 2 atom stereocenters. The number of hydrogen-bond acceptors (Lipinski definition) is 3. The molecule has 1 aliphatic rings. The van der Waals surface area contributed by atoms with Crippen molar-refractivity contribution in [1.29, 1.82) is 0 Å². The number of nitrogens with zero attached hydrogens (tertiary/aromatic N) is 1. The van der Waals surface area contributed by atoms with E-state index in [9.17, 15) is 9.59 Å². The molecule has 0 aromatic carbocycles. The van der Waals surface area contributed by atoms with E-state index in [1.165, 1.54) is 0 Å². The van der Waals surface area contributed by atoms with Crippen molar-refractivity contribution in [3.63, 3.8) is 0 Å². The minimum absolute atomic E-state index is 0.121. The summed E-state index contributed by atoms with van der Waals surface area (Å²) in [6.45, 7) is 7.79. The Morgan fingerprint density at radius 2 is 2.05 bits per heavy atom. The maximum Gasteiger partial charge on any atom is 0.310 e. The fourth-order valence-corrected chi connectivity index (χ4v) is 2.84. The van der Waals surface area contributed by atoms with Gasteiger partial charge in [0.2, 0.25) is 5.91 Å². The first-order valence-electron chi connectivity index (χ1n) is 8.09. The number of rotatable bonds is 7. The highest BCUT2D eigenvalue weighted by Crippen LogP contribution is 2.22. The summed E-state index contributed by atoms with van der Waals surface area (Å²) in [5.41, 5.74) is 0. The Morgan fingerprint density at radius 3 is 2.65 bits per heavy atom. The fraction of sp³-hybridized carbons (Fsp3) is 0.875. The number of carbonyl (C=O) groups is 2. The average molecular weight is 283 g/mol. The summed E-state index contributed by atoms with van der Waals surface area (Å²) in [4.78, 5) is 26.2. The number of esters is 1. The van der Waals surface area contributed by atoms with Gasteiger partial charge in [-0.1, -0.05) is 26.7 Å². The first-order chi connectivity index (χ1) is 9.63. The molecule has 116 valence electrons. The minimum Gasteiger partial charge on any atom is -0.466 e. The van der Waals surface area contributed by atoms with Crippen LogP contribution >= 0.6 is 0 Å². The molecule has 4 heteroatoms. The lowest BCUT2D eigenvalue weighted by atomic mass is 9.93. The topological polar surface area (TPSA) is 46.6 Å². The third kappa shape index (κ3) is 4.80. The number of amides is 1.